The summed E-state index contributed by atoms with van der Waals surface area (Å²) in [6, 6.07) is 8.44. The smallest absolute Gasteiger partial charge is 0.354 e. The lowest BCUT2D eigenvalue weighted by atomic mass is 9.97. The molecule has 1 unspecified atom stereocenters. The molecule has 1 fully saturated rings. The summed E-state index contributed by atoms with van der Waals surface area (Å²) in [5.74, 6) is -0.591. The molecule has 0 saturated carbocycles. The summed E-state index contributed by atoms with van der Waals surface area (Å²) in [5, 5.41) is 3.79. The molecule has 0 aliphatic carbocycles. The van der Waals surface area contributed by atoms with E-state index in [-0.39, 0.29) is 31.3 Å². The predicted octanol–water partition coefficient (Wildman–Crippen LogP) is 1.64. The number of amides is 2. The third-order valence-electron chi connectivity index (χ3n) is 4.90. The minimum atomic E-state index is -1.47. The van der Waals surface area contributed by atoms with Gasteiger partial charge in [-0.05, 0) is 19.1 Å². The highest BCUT2D eigenvalue weighted by Gasteiger charge is 2.60. The molecular formula is C18H17N3O5. The quantitative estimate of drug-likeness (QED) is 0.777. The number of para-hydroxylation sites is 1. The topological polar surface area (TPSA) is 93.0 Å². The first-order valence-electron chi connectivity index (χ1n) is 8.25. The van der Waals surface area contributed by atoms with Crippen molar-refractivity contribution in [2.45, 2.75) is 32.0 Å². The van der Waals surface area contributed by atoms with E-state index in [1.165, 1.54) is 16.8 Å². The highest BCUT2D eigenvalue weighted by atomic mass is 16.5. The van der Waals surface area contributed by atoms with Gasteiger partial charge in [-0.15, -0.1) is 0 Å². The lowest BCUT2D eigenvalue weighted by Crippen LogP contribution is -2.67. The van der Waals surface area contributed by atoms with Crippen LogP contribution in [-0.4, -0.2) is 40.6 Å². The third-order valence-corrected chi connectivity index (χ3v) is 4.90. The normalized spacial score (nSPS) is 21.6. The molecule has 8 nitrogen and oxygen atoms in total. The number of ether oxygens (including phenoxy) is 1. The molecule has 8 heteroatoms. The number of carbonyl (C=O) groups excluding carboxylic acids is 3. The maximum atomic E-state index is 13.0. The van der Waals surface area contributed by atoms with Crippen LogP contribution in [0.3, 0.4) is 0 Å². The maximum absolute atomic E-state index is 13.0. The first-order chi connectivity index (χ1) is 12.4. The SMILES string of the molecule is Cc1cc(COC(=O)C23CCC(=O)N2c2ccccc2C(=O)N3C)no1. The molecule has 3 heterocycles. The molecule has 0 radical (unpaired) electrons. The van der Waals surface area contributed by atoms with Gasteiger partial charge < -0.3 is 14.2 Å². The van der Waals surface area contributed by atoms with Gasteiger partial charge in [-0.2, -0.15) is 0 Å². The standard InChI is InChI=1S/C18H17N3O5/c1-11-9-12(19-26-11)10-25-17(24)18-8-7-15(22)21(18)14-6-4-3-5-13(14)16(23)20(18)2/h3-6,9H,7-8,10H2,1-2H3. The number of hydrogen-bond donors (Lipinski definition) is 0. The van der Waals surface area contributed by atoms with E-state index in [0.717, 1.165) is 0 Å². The second kappa shape index (κ2) is 5.69. The van der Waals surface area contributed by atoms with Crippen molar-refractivity contribution in [2.75, 3.05) is 11.9 Å². The van der Waals surface area contributed by atoms with Crippen LogP contribution in [0, 0.1) is 6.92 Å². The molecule has 2 aliphatic heterocycles. The average molecular weight is 355 g/mol. The van der Waals surface area contributed by atoms with Crippen LogP contribution in [-0.2, 0) is 20.9 Å². The fourth-order valence-corrected chi connectivity index (χ4v) is 3.63. The number of carbonyl (C=O) groups is 3. The molecular weight excluding hydrogens is 338 g/mol. The summed E-state index contributed by atoms with van der Waals surface area (Å²) >= 11 is 0. The van der Waals surface area contributed by atoms with Crippen LogP contribution in [0.4, 0.5) is 5.69 Å². The van der Waals surface area contributed by atoms with E-state index < -0.39 is 11.6 Å². The first-order valence-corrected chi connectivity index (χ1v) is 8.25. The monoisotopic (exact) mass is 355 g/mol. The van der Waals surface area contributed by atoms with Crippen LogP contribution in [0.2, 0.25) is 0 Å². The van der Waals surface area contributed by atoms with Crippen LogP contribution in [0.25, 0.3) is 0 Å². The minimum absolute atomic E-state index is 0.0936. The predicted molar refractivity (Wildman–Crippen MR) is 89.0 cm³/mol. The van der Waals surface area contributed by atoms with Crippen molar-refractivity contribution in [3.63, 3.8) is 0 Å². The number of anilines is 1. The molecule has 2 amide bonds. The van der Waals surface area contributed by atoms with E-state index in [2.05, 4.69) is 5.16 Å². The van der Waals surface area contributed by atoms with Crippen LogP contribution >= 0.6 is 0 Å². The van der Waals surface area contributed by atoms with E-state index in [9.17, 15) is 14.4 Å². The average Bonchev–Trinajstić information content (AvgIpc) is 3.22. The molecule has 1 atom stereocenters. The Morgan fingerprint density at radius 2 is 2.12 bits per heavy atom. The molecule has 2 aliphatic rings. The largest absolute Gasteiger partial charge is 0.456 e. The summed E-state index contributed by atoms with van der Waals surface area (Å²) < 4.78 is 10.4. The number of likely N-dealkylation sites (N-methyl/N-ethyl adjacent to an activating group) is 1. The molecule has 0 N–H and O–H groups in total. The van der Waals surface area contributed by atoms with Gasteiger partial charge in [0.05, 0.1) is 11.3 Å². The number of aromatic nitrogens is 1. The molecule has 1 saturated heterocycles. The fourth-order valence-electron chi connectivity index (χ4n) is 3.63. The van der Waals surface area contributed by atoms with Crippen molar-refractivity contribution in [1.82, 2.24) is 10.1 Å². The van der Waals surface area contributed by atoms with Gasteiger partial charge >= 0.3 is 5.97 Å². The fraction of sp³-hybridized carbons (Fsp3) is 0.333. The molecule has 0 bridgehead atoms. The van der Waals surface area contributed by atoms with E-state index in [1.807, 2.05) is 0 Å². The third kappa shape index (κ3) is 2.15. The number of benzene rings is 1. The van der Waals surface area contributed by atoms with Gasteiger partial charge in [0.2, 0.25) is 11.6 Å². The Bertz CT molecular complexity index is 921. The zero-order chi connectivity index (χ0) is 18.5. The highest BCUT2D eigenvalue weighted by molar-refractivity contribution is 6.15. The van der Waals surface area contributed by atoms with Gasteiger partial charge in [0.25, 0.3) is 5.91 Å². The van der Waals surface area contributed by atoms with Crippen LogP contribution in [0.1, 0.15) is 34.7 Å². The van der Waals surface area contributed by atoms with Gasteiger partial charge in [-0.25, -0.2) is 4.79 Å². The summed E-state index contributed by atoms with van der Waals surface area (Å²) in [7, 11) is 1.52. The highest BCUT2D eigenvalue weighted by Crippen LogP contribution is 2.44. The maximum Gasteiger partial charge on any atom is 0.354 e. The summed E-state index contributed by atoms with van der Waals surface area (Å²) in [5.41, 5.74) is -0.178. The van der Waals surface area contributed by atoms with Crippen molar-refractivity contribution in [1.29, 1.82) is 0 Å². The zero-order valence-electron chi connectivity index (χ0n) is 14.4. The van der Waals surface area contributed by atoms with Crippen molar-refractivity contribution in [3.05, 3.63) is 47.3 Å². The van der Waals surface area contributed by atoms with Gasteiger partial charge in [-0.1, -0.05) is 17.3 Å². The Labute approximate surface area is 149 Å². The summed E-state index contributed by atoms with van der Waals surface area (Å²) in [6.07, 6.45) is 0.337. The number of hydrogen-bond acceptors (Lipinski definition) is 6. The molecule has 4 rings (SSSR count). The van der Waals surface area contributed by atoms with Gasteiger partial charge in [0, 0.05) is 26.0 Å². The first kappa shape index (κ1) is 16.3. The van der Waals surface area contributed by atoms with Crippen molar-refractivity contribution >= 4 is 23.5 Å². The Balaban J connectivity index is 1.71. The lowest BCUT2D eigenvalue weighted by Gasteiger charge is -2.46. The molecule has 1 aromatic heterocycles. The number of aryl methyl sites for hydroxylation is 1. The number of fused-ring (bicyclic) bond motifs is 3. The van der Waals surface area contributed by atoms with E-state index in [4.69, 9.17) is 9.26 Å². The molecule has 0 spiro atoms. The Kier molecular flexibility index (Phi) is 3.57. The molecule has 26 heavy (non-hydrogen) atoms. The second-order valence-corrected chi connectivity index (χ2v) is 6.43. The summed E-state index contributed by atoms with van der Waals surface area (Å²) in [6.45, 7) is 1.64. The lowest BCUT2D eigenvalue weighted by molar-refractivity contribution is -0.158. The van der Waals surface area contributed by atoms with Crippen molar-refractivity contribution in [3.8, 4) is 0 Å². The second-order valence-electron chi connectivity index (χ2n) is 6.43. The minimum Gasteiger partial charge on any atom is -0.456 e. The van der Waals surface area contributed by atoms with Crippen LogP contribution in [0.5, 0.6) is 0 Å². The van der Waals surface area contributed by atoms with Gasteiger partial charge in [-0.3, -0.25) is 14.5 Å². The van der Waals surface area contributed by atoms with E-state index in [1.54, 1.807) is 37.3 Å². The number of esters is 1. The Morgan fingerprint density at radius 3 is 2.85 bits per heavy atom. The summed E-state index contributed by atoms with van der Waals surface area (Å²) in [4.78, 5) is 41.1. The van der Waals surface area contributed by atoms with E-state index in [0.29, 0.717) is 22.7 Å². The molecule has 134 valence electrons. The molecule has 1 aromatic carbocycles. The van der Waals surface area contributed by atoms with Gasteiger partial charge in [0.1, 0.15) is 18.1 Å². The Hall–Kier alpha value is -3.16. The van der Waals surface area contributed by atoms with E-state index >= 15 is 0 Å². The number of nitrogens with zero attached hydrogens (tertiary/aromatic N) is 3. The van der Waals surface area contributed by atoms with Gasteiger partial charge in [0.15, 0.2) is 0 Å². The Morgan fingerprint density at radius 1 is 1.35 bits per heavy atom. The van der Waals surface area contributed by atoms with Crippen molar-refractivity contribution < 1.29 is 23.6 Å². The number of rotatable bonds is 3. The van der Waals surface area contributed by atoms with Crippen molar-refractivity contribution in [2.24, 2.45) is 0 Å². The van der Waals surface area contributed by atoms with Crippen LogP contribution in [0.15, 0.2) is 34.9 Å². The zero-order valence-corrected chi connectivity index (χ0v) is 14.4. The molecule has 2 aromatic rings. The van der Waals surface area contributed by atoms with Crippen LogP contribution < -0.4 is 4.90 Å².